The molecule has 0 aromatic heterocycles. The Bertz CT molecular complexity index is 566. The Hall–Kier alpha value is -1.30. The minimum Gasteiger partial charge on any atom is -0.444 e. The Morgan fingerprint density at radius 1 is 1.32 bits per heavy atom. The summed E-state index contributed by atoms with van der Waals surface area (Å²) in [5, 5.41) is 0.671. The highest BCUT2D eigenvalue weighted by atomic mass is 35.5. The van der Waals surface area contributed by atoms with E-state index in [4.69, 9.17) is 26.8 Å². The first-order valence-electron chi connectivity index (χ1n) is 8.82. The van der Waals surface area contributed by atoms with Gasteiger partial charge in [0, 0.05) is 24.7 Å². The van der Waals surface area contributed by atoms with Crippen molar-refractivity contribution in [1.82, 2.24) is 4.90 Å². The molecule has 1 aromatic carbocycles. The molecular formula is C19H29ClN2O3. The maximum Gasteiger partial charge on any atom is 0.410 e. The highest BCUT2D eigenvalue weighted by molar-refractivity contribution is 6.31. The van der Waals surface area contributed by atoms with Crippen LogP contribution in [-0.4, -0.2) is 42.9 Å². The molecule has 1 unspecified atom stereocenters. The standard InChI is InChI=1S/C19H29ClN2O3/c1-19(2,3)25-18(23)22-10-8-14(9-11-22)12-24-13-17(21)15-6-4-5-7-16(15)20/h4-7,14,17H,8-13,21H2,1-3H3. The Morgan fingerprint density at radius 3 is 2.56 bits per heavy atom. The SMILES string of the molecule is CC(C)(C)OC(=O)N1CCC(COCC(N)c2ccccc2Cl)CC1. The third-order valence-corrected chi connectivity index (χ3v) is 4.57. The largest absolute Gasteiger partial charge is 0.444 e. The summed E-state index contributed by atoms with van der Waals surface area (Å²) in [5.41, 5.74) is 6.61. The van der Waals surface area contributed by atoms with Gasteiger partial charge in [0.15, 0.2) is 0 Å². The average molecular weight is 369 g/mol. The van der Waals surface area contributed by atoms with Gasteiger partial charge in [0.2, 0.25) is 0 Å². The molecule has 5 nitrogen and oxygen atoms in total. The third-order valence-electron chi connectivity index (χ3n) is 4.22. The van der Waals surface area contributed by atoms with Gasteiger partial charge in [-0.15, -0.1) is 0 Å². The predicted octanol–water partition coefficient (Wildman–Crippen LogP) is 4.00. The van der Waals surface area contributed by atoms with E-state index < -0.39 is 5.60 Å². The van der Waals surface area contributed by atoms with Gasteiger partial charge in [-0.3, -0.25) is 0 Å². The van der Waals surface area contributed by atoms with Crippen molar-refractivity contribution < 1.29 is 14.3 Å². The minimum absolute atomic E-state index is 0.226. The number of benzene rings is 1. The number of nitrogens with zero attached hydrogens (tertiary/aromatic N) is 1. The molecule has 0 saturated carbocycles. The molecule has 0 spiro atoms. The van der Waals surface area contributed by atoms with Crippen LogP contribution in [0.2, 0.25) is 5.02 Å². The smallest absolute Gasteiger partial charge is 0.410 e. The summed E-state index contributed by atoms with van der Waals surface area (Å²) in [5.74, 6) is 0.442. The van der Waals surface area contributed by atoms with Crippen LogP contribution in [0.15, 0.2) is 24.3 Å². The van der Waals surface area contributed by atoms with Gasteiger partial charge in [0.1, 0.15) is 5.60 Å². The Balaban J connectivity index is 1.69. The van der Waals surface area contributed by atoms with E-state index >= 15 is 0 Å². The third kappa shape index (κ3) is 6.49. The van der Waals surface area contributed by atoms with E-state index in [1.165, 1.54) is 0 Å². The number of amides is 1. The lowest BCUT2D eigenvalue weighted by Crippen LogP contribution is -2.42. The summed E-state index contributed by atoms with van der Waals surface area (Å²) < 4.78 is 11.2. The second-order valence-corrected chi connectivity index (χ2v) is 7.98. The fourth-order valence-electron chi connectivity index (χ4n) is 2.84. The zero-order valence-electron chi connectivity index (χ0n) is 15.3. The molecule has 2 rings (SSSR count). The number of piperidine rings is 1. The molecule has 1 aliphatic heterocycles. The summed E-state index contributed by atoms with van der Waals surface area (Å²) in [4.78, 5) is 13.8. The summed E-state index contributed by atoms with van der Waals surface area (Å²) >= 11 is 6.15. The Labute approximate surface area is 155 Å². The van der Waals surface area contributed by atoms with E-state index in [0.717, 1.165) is 18.4 Å². The molecule has 1 atom stereocenters. The maximum absolute atomic E-state index is 12.1. The molecule has 1 heterocycles. The number of hydrogen-bond acceptors (Lipinski definition) is 4. The summed E-state index contributed by atoms with van der Waals surface area (Å²) in [6, 6.07) is 7.35. The lowest BCUT2D eigenvalue weighted by molar-refractivity contribution is 0.0110. The van der Waals surface area contributed by atoms with E-state index in [-0.39, 0.29) is 12.1 Å². The quantitative estimate of drug-likeness (QED) is 0.852. The van der Waals surface area contributed by atoms with Gasteiger partial charge in [-0.25, -0.2) is 4.79 Å². The number of carbonyl (C=O) groups is 1. The summed E-state index contributed by atoms with van der Waals surface area (Å²) in [6.07, 6.45) is 1.61. The second kappa shape index (κ2) is 8.88. The molecular weight excluding hydrogens is 340 g/mol. The Morgan fingerprint density at radius 2 is 1.96 bits per heavy atom. The van der Waals surface area contributed by atoms with Gasteiger partial charge in [-0.05, 0) is 51.2 Å². The highest BCUT2D eigenvalue weighted by Crippen LogP contribution is 2.23. The van der Waals surface area contributed by atoms with E-state index in [1.807, 2.05) is 45.0 Å². The number of likely N-dealkylation sites (tertiary alicyclic amines) is 1. The molecule has 25 heavy (non-hydrogen) atoms. The van der Waals surface area contributed by atoms with Crippen LogP contribution in [0.4, 0.5) is 4.79 Å². The van der Waals surface area contributed by atoms with E-state index in [1.54, 1.807) is 4.90 Å². The first kappa shape index (κ1) is 20.0. The van der Waals surface area contributed by atoms with Crippen molar-refractivity contribution >= 4 is 17.7 Å². The minimum atomic E-state index is -0.452. The first-order chi connectivity index (χ1) is 11.8. The van der Waals surface area contributed by atoms with Crippen molar-refractivity contribution in [3.8, 4) is 0 Å². The zero-order chi connectivity index (χ0) is 18.4. The topological polar surface area (TPSA) is 64.8 Å². The summed E-state index contributed by atoms with van der Waals surface area (Å²) in [7, 11) is 0. The van der Waals surface area contributed by atoms with E-state index in [9.17, 15) is 4.79 Å². The highest BCUT2D eigenvalue weighted by Gasteiger charge is 2.27. The van der Waals surface area contributed by atoms with Crippen molar-refractivity contribution in [3.63, 3.8) is 0 Å². The van der Waals surface area contributed by atoms with Crippen molar-refractivity contribution in [2.24, 2.45) is 11.7 Å². The number of hydrogen-bond donors (Lipinski definition) is 1. The van der Waals surface area contributed by atoms with E-state index in [2.05, 4.69) is 0 Å². The fourth-order valence-corrected chi connectivity index (χ4v) is 3.11. The van der Waals surface area contributed by atoms with Crippen LogP contribution in [0.3, 0.4) is 0 Å². The average Bonchev–Trinajstić information content (AvgIpc) is 2.54. The molecule has 1 fully saturated rings. The monoisotopic (exact) mass is 368 g/mol. The van der Waals surface area contributed by atoms with Gasteiger partial charge < -0.3 is 20.1 Å². The number of rotatable bonds is 5. The van der Waals surface area contributed by atoms with Gasteiger partial charge in [-0.1, -0.05) is 29.8 Å². The van der Waals surface area contributed by atoms with Crippen LogP contribution in [-0.2, 0) is 9.47 Å². The van der Waals surface area contributed by atoms with Crippen molar-refractivity contribution in [2.75, 3.05) is 26.3 Å². The lowest BCUT2D eigenvalue weighted by atomic mass is 9.98. The molecule has 2 N–H and O–H groups in total. The number of nitrogens with two attached hydrogens (primary N) is 1. The molecule has 140 valence electrons. The van der Waals surface area contributed by atoms with Crippen LogP contribution in [0, 0.1) is 5.92 Å². The van der Waals surface area contributed by atoms with Crippen molar-refractivity contribution in [2.45, 2.75) is 45.3 Å². The zero-order valence-corrected chi connectivity index (χ0v) is 16.1. The molecule has 1 saturated heterocycles. The number of ether oxygens (including phenoxy) is 2. The van der Waals surface area contributed by atoms with Crippen LogP contribution in [0.25, 0.3) is 0 Å². The molecule has 1 aliphatic rings. The van der Waals surface area contributed by atoms with Gasteiger partial charge in [0.25, 0.3) is 0 Å². The van der Waals surface area contributed by atoms with Gasteiger partial charge in [0.05, 0.1) is 12.6 Å². The fraction of sp³-hybridized carbons (Fsp3) is 0.632. The Kier molecular flexibility index (Phi) is 7.11. The van der Waals surface area contributed by atoms with Gasteiger partial charge >= 0.3 is 6.09 Å². The second-order valence-electron chi connectivity index (χ2n) is 7.58. The van der Waals surface area contributed by atoms with Gasteiger partial charge in [-0.2, -0.15) is 0 Å². The van der Waals surface area contributed by atoms with Crippen molar-refractivity contribution in [1.29, 1.82) is 0 Å². The molecule has 0 radical (unpaired) electrons. The number of halogens is 1. The molecule has 1 aromatic rings. The van der Waals surface area contributed by atoms with Crippen LogP contribution in [0.5, 0.6) is 0 Å². The van der Waals surface area contributed by atoms with Crippen LogP contribution >= 0.6 is 11.6 Å². The number of carbonyl (C=O) groups excluding carboxylic acids is 1. The molecule has 1 amide bonds. The van der Waals surface area contributed by atoms with Crippen LogP contribution in [0.1, 0.15) is 45.2 Å². The molecule has 0 bridgehead atoms. The normalized spacial score (nSPS) is 17.4. The first-order valence-corrected chi connectivity index (χ1v) is 9.20. The predicted molar refractivity (Wildman–Crippen MR) is 99.7 cm³/mol. The molecule has 6 heteroatoms. The summed E-state index contributed by atoms with van der Waals surface area (Å²) in [6.45, 7) is 8.16. The van der Waals surface area contributed by atoms with Crippen LogP contribution < -0.4 is 5.73 Å². The lowest BCUT2D eigenvalue weighted by Gasteiger charge is -2.33. The van der Waals surface area contributed by atoms with E-state index in [0.29, 0.717) is 37.2 Å². The maximum atomic E-state index is 12.1. The van der Waals surface area contributed by atoms with Crippen molar-refractivity contribution in [3.05, 3.63) is 34.9 Å². The molecule has 0 aliphatic carbocycles.